The fourth-order valence-electron chi connectivity index (χ4n) is 1.66. The highest BCUT2D eigenvalue weighted by atomic mass is 35.5. The zero-order valence-electron chi connectivity index (χ0n) is 9.82. The second-order valence-corrected chi connectivity index (χ2v) is 4.24. The number of amides is 3. The molecule has 0 unspecified atom stereocenters. The highest BCUT2D eigenvalue weighted by Crippen LogP contribution is 2.23. The average Bonchev–Trinajstić information content (AvgIpc) is 2.62. The van der Waals surface area contributed by atoms with E-state index in [4.69, 9.17) is 11.6 Å². The first-order chi connectivity index (χ1) is 9.04. The number of nitrogens with one attached hydrogen (secondary N) is 1. The van der Waals surface area contributed by atoms with E-state index in [-0.39, 0.29) is 22.8 Å². The van der Waals surface area contributed by atoms with Crippen LogP contribution in [0.1, 0.15) is 5.56 Å². The second-order valence-electron chi connectivity index (χ2n) is 3.83. The Labute approximate surface area is 114 Å². The van der Waals surface area contributed by atoms with Gasteiger partial charge in [-0.1, -0.05) is 23.7 Å². The van der Waals surface area contributed by atoms with Crippen molar-refractivity contribution in [3.63, 3.8) is 0 Å². The average molecular weight is 281 g/mol. The molecule has 0 bridgehead atoms. The Morgan fingerprint density at radius 2 is 2.16 bits per heavy atom. The molecule has 6 heteroatoms. The van der Waals surface area contributed by atoms with Gasteiger partial charge in [-0.15, -0.1) is 6.58 Å². The van der Waals surface area contributed by atoms with Crippen LogP contribution < -0.4 is 5.32 Å². The molecule has 1 aliphatic heterocycles. The van der Waals surface area contributed by atoms with Gasteiger partial charge in [-0.3, -0.25) is 9.69 Å². The minimum atomic E-state index is -0.566. The van der Waals surface area contributed by atoms with Gasteiger partial charge >= 0.3 is 6.03 Å². The summed E-state index contributed by atoms with van der Waals surface area (Å²) in [5.74, 6) is -1.10. The van der Waals surface area contributed by atoms with Crippen molar-refractivity contribution in [2.75, 3.05) is 6.54 Å². The summed E-state index contributed by atoms with van der Waals surface area (Å²) in [6.07, 6.45) is 2.65. The van der Waals surface area contributed by atoms with Gasteiger partial charge in [0.2, 0.25) is 0 Å². The monoisotopic (exact) mass is 280 g/mol. The summed E-state index contributed by atoms with van der Waals surface area (Å²) in [6.45, 7) is 3.55. The molecular formula is C13H10ClFN2O2. The molecule has 0 radical (unpaired) electrons. The molecule has 1 aromatic rings. The lowest BCUT2D eigenvalue weighted by Crippen LogP contribution is -2.30. The van der Waals surface area contributed by atoms with Crippen molar-refractivity contribution in [3.05, 3.63) is 53.0 Å². The third-order valence-electron chi connectivity index (χ3n) is 2.56. The van der Waals surface area contributed by atoms with Crippen LogP contribution in [0, 0.1) is 5.82 Å². The molecule has 0 atom stereocenters. The standard InChI is InChI=1S/C13H10ClFN2O2/c1-2-6-17-12(18)11(16-13(17)19)7-8-9(14)4-3-5-10(8)15/h2-5,7H,1,6H2,(H,16,19)/b11-7+. The number of carbonyl (C=O) groups excluding carboxylic acids is 2. The maximum Gasteiger partial charge on any atom is 0.329 e. The first kappa shape index (κ1) is 13.3. The number of nitrogens with zero attached hydrogens (tertiary/aromatic N) is 1. The highest BCUT2D eigenvalue weighted by molar-refractivity contribution is 6.32. The van der Waals surface area contributed by atoms with E-state index in [0.29, 0.717) is 0 Å². The molecule has 98 valence electrons. The van der Waals surface area contributed by atoms with Crippen LogP contribution in [0.25, 0.3) is 6.08 Å². The lowest BCUT2D eigenvalue weighted by Gasteiger charge is -2.07. The van der Waals surface area contributed by atoms with E-state index >= 15 is 0 Å². The fraction of sp³-hybridized carbons (Fsp3) is 0.0769. The third kappa shape index (κ3) is 2.51. The number of rotatable bonds is 3. The second kappa shape index (κ2) is 5.24. The molecule has 2 rings (SSSR count). The Bertz CT molecular complexity index is 578. The van der Waals surface area contributed by atoms with Crippen LogP contribution in [0.2, 0.25) is 5.02 Å². The van der Waals surface area contributed by atoms with Crippen LogP contribution in [-0.2, 0) is 4.79 Å². The molecule has 1 aliphatic rings. The molecule has 19 heavy (non-hydrogen) atoms. The van der Waals surface area contributed by atoms with Crippen LogP contribution in [0.5, 0.6) is 0 Å². The lowest BCUT2D eigenvalue weighted by molar-refractivity contribution is -0.122. The number of imide groups is 1. The zero-order chi connectivity index (χ0) is 14.0. The van der Waals surface area contributed by atoms with Crippen molar-refractivity contribution in [1.29, 1.82) is 0 Å². The minimum Gasteiger partial charge on any atom is -0.303 e. The van der Waals surface area contributed by atoms with Crippen molar-refractivity contribution in [1.82, 2.24) is 10.2 Å². The summed E-state index contributed by atoms with van der Waals surface area (Å²) < 4.78 is 13.6. The van der Waals surface area contributed by atoms with E-state index in [0.717, 1.165) is 4.90 Å². The minimum absolute atomic E-state index is 0.0150. The number of benzene rings is 1. The Kier molecular flexibility index (Phi) is 3.66. The summed E-state index contributed by atoms with van der Waals surface area (Å²) in [5, 5.41) is 2.53. The molecule has 0 aliphatic carbocycles. The van der Waals surface area contributed by atoms with E-state index < -0.39 is 17.8 Å². The van der Waals surface area contributed by atoms with Gasteiger partial charge in [0.15, 0.2) is 0 Å². The number of halogens is 2. The maximum absolute atomic E-state index is 13.6. The van der Waals surface area contributed by atoms with E-state index in [9.17, 15) is 14.0 Å². The number of hydrogen-bond donors (Lipinski definition) is 1. The summed E-state index contributed by atoms with van der Waals surface area (Å²) in [6, 6.07) is 3.61. The van der Waals surface area contributed by atoms with Crippen molar-refractivity contribution >= 4 is 29.6 Å². The first-order valence-corrected chi connectivity index (χ1v) is 5.82. The van der Waals surface area contributed by atoms with Crippen LogP contribution in [0.4, 0.5) is 9.18 Å². The normalized spacial score (nSPS) is 16.9. The number of carbonyl (C=O) groups is 2. The SMILES string of the molecule is C=CCN1C(=O)N/C(=C/c2c(F)cccc2Cl)C1=O. The first-order valence-electron chi connectivity index (χ1n) is 5.44. The summed E-state index contributed by atoms with van der Waals surface area (Å²) in [5.41, 5.74) is 0.0483. The summed E-state index contributed by atoms with van der Waals surface area (Å²) in [4.78, 5) is 24.4. The van der Waals surface area contributed by atoms with Crippen LogP contribution in [0.3, 0.4) is 0 Å². The van der Waals surface area contributed by atoms with Crippen LogP contribution >= 0.6 is 11.6 Å². The Balaban J connectivity index is 2.38. The predicted octanol–water partition coefficient (Wildman–Crippen LogP) is 2.56. The Morgan fingerprint density at radius 1 is 1.42 bits per heavy atom. The molecule has 0 saturated carbocycles. The van der Waals surface area contributed by atoms with Crippen molar-refractivity contribution in [2.45, 2.75) is 0 Å². The van der Waals surface area contributed by atoms with E-state index in [1.54, 1.807) is 0 Å². The molecule has 0 aromatic heterocycles. The molecule has 3 amide bonds. The van der Waals surface area contributed by atoms with Gasteiger partial charge in [-0.05, 0) is 18.2 Å². The smallest absolute Gasteiger partial charge is 0.303 e. The van der Waals surface area contributed by atoms with Crippen LogP contribution in [0.15, 0.2) is 36.6 Å². The van der Waals surface area contributed by atoms with Gasteiger partial charge < -0.3 is 5.32 Å². The molecule has 1 saturated heterocycles. The molecule has 1 N–H and O–H groups in total. The van der Waals surface area contributed by atoms with E-state index in [2.05, 4.69) is 11.9 Å². The van der Waals surface area contributed by atoms with Crippen molar-refractivity contribution in [3.8, 4) is 0 Å². The predicted molar refractivity (Wildman–Crippen MR) is 69.8 cm³/mol. The summed E-state index contributed by atoms with van der Waals surface area (Å²) in [7, 11) is 0. The molecule has 4 nitrogen and oxygen atoms in total. The van der Waals surface area contributed by atoms with Gasteiger partial charge in [-0.25, -0.2) is 9.18 Å². The largest absolute Gasteiger partial charge is 0.329 e. The van der Waals surface area contributed by atoms with E-state index in [1.807, 2.05) is 0 Å². The number of hydrogen-bond acceptors (Lipinski definition) is 2. The molecule has 0 spiro atoms. The Hall–Kier alpha value is -2.14. The van der Waals surface area contributed by atoms with Gasteiger partial charge in [0.05, 0.1) is 5.02 Å². The van der Waals surface area contributed by atoms with Crippen molar-refractivity contribution < 1.29 is 14.0 Å². The lowest BCUT2D eigenvalue weighted by atomic mass is 10.1. The molecule has 1 fully saturated rings. The molecule has 1 aromatic carbocycles. The fourth-order valence-corrected chi connectivity index (χ4v) is 1.88. The topological polar surface area (TPSA) is 49.4 Å². The van der Waals surface area contributed by atoms with Crippen molar-refractivity contribution in [2.24, 2.45) is 0 Å². The molecular weight excluding hydrogens is 271 g/mol. The number of urea groups is 1. The maximum atomic E-state index is 13.6. The highest BCUT2D eigenvalue weighted by Gasteiger charge is 2.32. The Morgan fingerprint density at radius 3 is 2.79 bits per heavy atom. The van der Waals surface area contributed by atoms with Gasteiger partial charge in [0, 0.05) is 12.1 Å². The van der Waals surface area contributed by atoms with E-state index in [1.165, 1.54) is 30.4 Å². The van der Waals surface area contributed by atoms with Gasteiger partial charge in [0.1, 0.15) is 11.5 Å². The van der Waals surface area contributed by atoms with Gasteiger partial charge in [-0.2, -0.15) is 0 Å². The zero-order valence-corrected chi connectivity index (χ0v) is 10.6. The van der Waals surface area contributed by atoms with Crippen LogP contribution in [-0.4, -0.2) is 23.4 Å². The quantitative estimate of drug-likeness (QED) is 0.525. The summed E-state index contributed by atoms with van der Waals surface area (Å²) >= 11 is 5.85. The third-order valence-corrected chi connectivity index (χ3v) is 2.89. The molecule has 1 heterocycles. The van der Waals surface area contributed by atoms with Gasteiger partial charge in [0.25, 0.3) is 5.91 Å².